The molecule has 5 nitrogen and oxygen atoms in total. The molecular formula is C12H23N2O3Si+. The van der Waals surface area contributed by atoms with Gasteiger partial charge >= 0.3 is 19.6 Å². The first kappa shape index (κ1) is 16.7. The van der Waals surface area contributed by atoms with Gasteiger partial charge in [-0.1, -0.05) is 33.8 Å². The highest BCUT2D eigenvalue weighted by molar-refractivity contribution is 6.83. The molecule has 0 aromatic heterocycles. The van der Waals surface area contributed by atoms with Gasteiger partial charge < -0.3 is 14.3 Å². The molecule has 0 saturated carbocycles. The second-order valence-corrected chi connectivity index (χ2v) is 9.32. The molecule has 0 spiro atoms. The smallest absolute Gasteiger partial charge is 0.435 e. The third kappa shape index (κ3) is 3.12. The van der Waals surface area contributed by atoms with Crippen LogP contribution >= 0.6 is 0 Å². The van der Waals surface area contributed by atoms with E-state index in [1.165, 1.54) is 7.11 Å². The van der Waals surface area contributed by atoms with Crippen molar-refractivity contribution in [3.05, 3.63) is 28.9 Å². The maximum Gasteiger partial charge on any atom is 0.435 e. The number of hydrogen-bond acceptors (Lipinski definition) is 4. The van der Waals surface area contributed by atoms with Gasteiger partial charge in [-0.25, -0.2) is 0 Å². The fourth-order valence-electron chi connectivity index (χ4n) is 2.20. The Balaban J connectivity index is 5.84. The largest absolute Gasteiger partial charge is 0.476 e. The summed E-state index contributed by atoms with van der Waals surface area (Å²) in [6, 6.07) is 0. The highest BCUT2D eigenvalue weighted by atomic mass is 28.4. The van der Waals surface area contributed by atoms with Crippen LogP contribution in [0.25, 0.3) is 4.98 Å². The molecule has 18 heavy (non-hydrogen) atoms. The second-order valence-electron chi connectivity index (χ2n) is 4.66. The molecule has 6 heteroatoms. The van der Waals surface area contributed by atoms with Crippen LogP contribution < -0.4 is 0 Å². The van der Waals surface area contributed by atoms with Crippen molar-refractivity contribution in [2.75, 3.05) is 13.7 Å². The number of diazo groups is 1. The van der Waals surface area contributed by atoms with Crippen LogP contribution in [0.3, 0.4) is 0 Å². The molecule has 0 rings (SSSR count). The summed E-state index contributed by atoms with van der Waals surface area (Å²) in [6.45, 7) is 11.9. The molecule has 0 aliphatic heterocycles. The number of ether oxygens (including phenoxy) is 1. The minimum absolute atomic E-state index is 0.112. The van der Waals surface area contributed by atoms with Gasteiger partial charge in [-0.05, 0) is 11.1 Å². The van der Waals surface area contributed by atoms with E-state index in [1.54, 1.807) is 6.08 Å². The summed E-state index contributed by atoms with van der Waals surface area (Å²) in [5.41, 5.74) is 0.223. The highest BCUT2D eigenvalue weighted by Crippen LogP contribution is 2.40. The van der Waals surface area contributed by atoms with Gasteiger partial charge in [-0.15, -0.1) is 6.58 Å². The van der Waals surface area contributed by atoms with E-state index in [-0.39, 0.29) is 22.3 Å². The summed E-state index contributed by atoms with van der Waals surface area (Å²) in [5.74, 6) is -0.379. The van der Waals surface area contributed by atoms with E-state index < -0.39 is 8.32 Å². The van der Waals surface area contributed by atoms with Crippen LogP contribution in [-0.2, 0) is 9.16 Å². The Morgan fingerprint density at radius 1 is 1.39 bits per heavy atom. The Bertz CT molecular complexity index is 351. The Morgan fingerprint density at radius 3 is 2.17 bits per heavy atom. The Labute approximate surface area is 110 Å². The third-order valence-electron chi connectivity index (χ3n) is 3.02. The lowest BCUT2D eigenvalue weighted by atomic mass is 10.5. The molecule has 0 radical (unpaired) electrons. The molecule has 0 amide bonds. The molecule has 102 valence electrons. The molecule has 0 unspecified atom stereocenters. The monoisotopic (exact) mass is 271 g/mol. The van der Waals surface area contributed by atoms with E-state index in [0.717, 1.165) is 0 Å². The first-order chi connectivity index (χ1) is 8.38. The van der Waals surface area contributed by atoms with E-state index in [1.807, 2.05) is 27.7 Å². The Kier molecular flexibility index (Phi) is 6.66. The van der Waals surface area contributed by atoms with Crippen LogP contribution in [0.1, 0.15) is 27.7 Å². The first-order valence-corrected chi connectivity index (χ1v) is 8.02. The lowest BCUT2D eigenvalue weighted by molar-refractivity contribution is 0.132. The average Bonchev–Trinajstić information content (AvgIpc) is 2.32. The van der Waals surface area contributed by atoms with Crippen molar-refractivity contribution in [2.45, 2.75) is 38.8 Å². The minimum atomic E-state index is -2.67. The van der Waals surface area contributed by atoms with Crippen molar-refractivity contribution < 1.29 is 14.3 Å². The molecule has 0 fully saturated rings. The van der Waals surface area contributed by atoms with Crippen LogP contribution in [-0.4, -0.2) is 27.1 Å². The van der Waals surface area contributed by atoms with Crippen molar-refractivity contribution >= 4 is 8.32 Å². The molecule has 0 atom stereocenters. The topological polar surface area (TPSA) is 66.8 Å². The number of nitrogens with zero attached hydrogens (tertiary/aromatic N) is 2. The molecule has 0 heterocycles. The van der Waals surface area contributed by atoms with Gasteiger partial charge in [0.2, 0.25) is 5.39 Å². The molecule has 0 saturated heterocycles. The van der Waals surface area contributed by atoms with Crippen molar-refractivity contribution in [3.63, 3.8) is 0 Å². The Morgan fingerprint density at radius 2 is 1.89 bits per heavy atom. The SMILES string of the molecule is C=CCO[Si](/C([N+]#N)=C(\O)OC)(C(C)C)C(C)C. The van der Waals surface area contributed by atoms with Crippen LogP contribution in [0.15, 0.2) is 23.9 Å². The second kappa shape index (κ2) is 7.19. The van der Waals surface area contributed by atoms with Crippen molar-refractivity contribution in [1.29, 1.82) is 5.39 Å². The maximum absolute atomic E-state index is 9.78. The molecule has 0 aliphatic rings. The van der Waals surface area contributed by atoms with Crippen LogP contribution in [0.5, 0.6) is 0 Å². The summed E-state index contributed by atoms with van der Waals surface area (Å²) in [6.07, 6.45) is 1.64. The number of aliphatic hydroxyl groups is 1. The lowest BCUT2D eigenvalue weighted by Gasteiger charge is -2.31. The summed E-state index contributed by atoms with van der Waals surface area (Å²) in [5, 5.41) is 19.1. The maximum atomic E-state index is 9.78. The summed E-state index contributed by atoms with van der Waals surface area (Å²) < 4.78 is 10.7. The van der Waals surface area contributed by atoms with Crippen molar-refractivity contribution in [3.8, 4) is 0 Å². The zero-order chi connectivity index (χ0) is 14.3. The quantitative estimate of drug-likeness (QED) is 0.332. The molecule has 0 aliphatic carbocycles. The zero-order valence-electron chi connectivity index (χ0n) is 11.8. The molecular weight excluding hydrogens is 248 g/mol. The van der Waals surface area contributed by atoms with Crippen molar-refractivity contribution in [2.24, 2.45) is 0 Å². The van der Waals surface area contributed by atoms with Crippen molar-refractivity contribution in [1.82, 2.24) is 0 Å². The predicted molar refractivity (Wildman–Crippen MR) is 73.8 cm³/mol. The van der Waals surface area contributed by atoms with Gasteiger partial charge in [0.1, 0.15) is 0 Å². The van der Waals surface area contributed by atoms with Gasteiger partial charge in [0, 0.05) is 0 Å². The van der Waals surface area contributed by atoms with Gasteiger partial charge in [0.15, 0.2) is 4.98 Å². The van der Waals surface area contributed by atoms with E-state index >= 15 is 0 Å². The fraction of sp³-hybridized carbons (Fsp3) is 0.667. The summed E-state index contributed by atoms with van der Waals surface area (Å²) in [4.78, 5) is 3.23. The third-order valence-corrected chi connectivity index (χ3v) is 8.15. The first-order valence-electron chi connectivity index (χ1n) is 5.96. The summed E-state index contributed by atoms with van der Waals surface area (Å²) >= 11 is 0. The number of aliphatic hydroxyl groups excluding tert-OH is 1. The number of methoxy groups -OCH3 is 1. The van der Waals surface area contributed by atoms with Gasteiger partial charge in [-0.3, -0.25) is 0 Å². The van der Waals surface area contributed by atoms with Crippen LogP contribution in [0.2, 0.25) is 11.1 Å². The van der Waals surface area contributed by atoms with E-state index in [9.17, 15) is 10.5 Å². The molecule has 1 N–H and O–H groups in total. The van der Waals surface area contributed by atoms with E-state index in [2.05, 4.69) is 11.6 Å². The van der Waals surface area contributed by atoms with Gasteiger partial charge in [0.25, 0.3) is 0 Å². The number of hydrogen-bond donors (Lipinski definition) is 1. The minimum Gasteiger partial charge on any atom is -0.476 e. The molecule has 0 aromatic rings. The fourth-order valence-corrected chi connectivity index (χ4v) is 6.41. The Hall–Kier alpha value is -1.32. The van der Waals surface area contributed by atoms with Crippen LogP contribution in [0, 0.1) is 5.39 Å². The van der Waals surface area contributed by atoms with Gasteiger partial charge in [-0.2, -0.15) is 0 Å². The molecule has 0 aromatic carbocycles. The zero-order valence-corrected chi connectivity index (χ0v) is 12.8. The standard InChI is InChI=1S/C12H22N2O3Si/c1-7-8-17-18(9(2)3,10(4)5)11(14-13)12(15)16-6/h7,9-10H,1,8H2,2-6H3/p+1/b12-11+. The highest BCUT2D eigenvalue weighted by Gasteiger charge is 2.58. The summed E-state index contributed by atoms with van der Waals surface area (Å²) in [7, 11) is -1.34. The predicted octanol–water partition coefficient (Wildman–Crippen LogP) is 3.72. The molecule has 0 bridgehead atoms. The normalized spacial score (nSPS) is 13.2. The van der Waals surface area contributed by atoms with E-state index in [0.29, 0.717) is 6.61 Å². The lowest BCUT2D eigenvalue weighted by Crippen LogP contribution is -2.47. The van der Waals surface area contributed by atoms with Crippen LogP contribution in [0.4, 0.5) is 0 Å². The average molecular weight is 271 g/mol. The van der Waals surface area contributed by atoms with E-state index in [4.69, 9.17) is 9.16 Å². The van der Waals surface area contributed by atoms with Gasteiger partial charge in [0.05, 0.1) is 13.7 Å². The number of rotatable bonds is 7.